The molecule has 0 aliphatic heterocycles. The number of nitrogens with one attached hydrogen (secondary N) is 1. The molecule has 0 aromatic heterocycles. The molecule has 0 aliphatic rings. The summed E-state index contributed by atoms with van der Waals surface area (Å²) in [5, 5.41) is 2.77. The molecular formula is C19H21NO4. The monoisotopic (exact) mass is 327 g/mol. The van der Waals surface area contributed by atoms with Crippen LogP contribution in [0.2, 0.25) is 0 Å². The zero-order chi connectivity index (χ0) is 17.5. The maximum Gasteiger partial charge on any atom is 0.338 e. The molecule has 126 valence electrons. The lowest BCUT2D eigenvalue weighted by atomic mass is 10.1. The van der Waals surface area contributed by atoms with Crippen LogP contribution in [0.1, 0.15) is 28.4 Å². The number of rotatable bonds is 6. The van der Waals surface area contributed by atoms with E-state index in [4.69, 9.17) is 9.47 Å². The maximum atomic E-state index is 12.1. The van der Waals surface area contributed by atoms with Crippen LogP contribution in [0.5, 0.6) is 5.75 Å². The molecule has 5 heteroatoms. The Balaban J connectivity index is 2.04. The zero-order valence-corrected chi connectivity index (χ0v) is 14.1. The third-order valence-electron chi connectivity index (χ3n) is 3.73. The maximum absolute atomic E-state index is 12.1. The van der Waals surface area contributed by atoms with Crippen molar-refractivity contribution in [3.63, 3.8) is 0 Å². The summed E-state index contributed by atoms with van der Waals surface area (Å²) in [5.41, 5.74) is 2.70. The van der Waals surface area contributed by atoms with Gasteiger partial charge in [0, 0.05) is 5.69 Å². The van der Waals surface area contributed by atoms with Crippen LogP contribution in [0.4, 0.5) is 5.69 Å². The molecular weight excluding hydrogens is 306 g/mol. The predicted octanol–water partition coefficient (Wildman–Crippen LogP) is 3.36. The number of benzene rings is 2. The molecule has 0 atom stereocenters. The smallest absolute Gasteiger partial charge is 0.338 e. The van der Waals surface area contributed by atoms with Gasteiger partial charge in [-0.3, -0.25) is 4.79 Å². The van der Waals surface area contributed by atoms with E-state index in [2.05, 4.69) is 5.32 Å². The summed E-state index contributed by atoms with van der Waals surface area (Å²) < 4.78 is 10.3. The quantitative estimate of drug-likeness (QED) is 0.826. The summed E-state index contributed by atoms with van der Waals surface area (Å²) in [5.74, 6) is -0.0158. The van der Waals surface area contributed by atoms with Gasteiger partial charge >= 0.3 is 5.97 Å². The van der Waals surface area contributed by atoms with Crippen LogP contribution in [-0.4, -0.2) is 25.6 Å². The number of hydrogen-bond acceptors (Lipinski definition) is 4. The fourth-order valence-corrected chi connectivity index (χ4v) is 2.37. The second-order valence-corrected chi connectivity index (χ2v) is 5.27. The molecule has 1 amide bonds. The van der Waals surface area contributed by atoms with Gasteiger partial charge in [-0.1, -0.05) is 31.2 Å². The molecule has 1 N–H and O–H groups in total. The van der Waals surface area contributed by atoms with Crippen LogP contribution in [0.25, 0.3) is 0 Å². The largest absolute Gasteiger partial charge is 0.483 e. The highest BCUT2D eigenvalue weighted by molar-refractivity contribution is 5.97. The number of para-hydroxylation sites is 1. The lowest BCUT2D eigenvalue weighted by molar-refractivity contribution is -0.118. The van der Waals surface area contributed by atoms with E-state index in [0.29, 0.717) is 22.6 Å². The number of ether oxygens (including phenoxy) is 2. The van der Waals surface area contributed by atoms with Crippen molar-refractivity contribution in [1.29, 1.82) is 0 Å². The highest BCUT2D eigenvalue weighted by atomic mass is 16.5. The minimum Gasteiger partial charge on any atom is -0.483 e. The summed E-state index contributed by atoms with van der Waals surface area (Å²) in [7, 11) is 1.33. The molecule has 0 spiro atoms. The topological polar surface area (TPSA) is 64.6 Å². The van der Waals surface area contributed by atoms with Gasteiger partial charge in [-0.15, -0.1) is 0 Å². The molecule has 0 saturated carbocycles. The van der Waals surface area contributed by atoms with Gasteiger partial charge in [-0.2, -0.15) is 0 Å². The van der Waals surface area contributed by atoms with Gasteiger partial charge in [0.15, 0.2) is 6.61 Å². The average molecular weight is 327 g/mol. The number of carbonyl (C=O) groups excluding carboxylic acids is 2. The lowest BCUT2D eigenvalue weighted by Crippen LogP contribution is -2.21. The third-order valence-corrected chi connectivity index (χ3v) is 3.73. The van der Waals surface area contributed by atoms with Crippen molar-refractivity contribution in [2.75, 3.05) is 19.0 Å². The summed E-state index contributed by atoms with van der Waals surface area (Å²) in [6.07, 6.45) is 0.831. The van der Waals surface area contributed by atoms with Crippen molar-refractivity contribution in [3.05, 3.63) is 59.2 Å². The van der Waals surface area contributed by atoms with Crippen LogP contribution >= 0.6 is 0 Å². The van der Waals surface area contributed by atoms with Crippen LogP contribution in [0.3, 0.4) is 0 Å². The summed E-state index contributed by atoms with van der Waals surface area (Å²) in [6, 6.07) is 12.7. The number of aryl methyl sites for hydroxylation is 1. The Labute approximate surface area is 141 Å². The highest BCUT2D eigenvalue weighted by Gasteiger charge is 2.13. The number of hydrogen-bond donors (Lipinski definition) is 1. The molecule has 2 aromatic carbocycles. The van der Waals surface area contributed by atoms with Crippen molar-refractivity contribution in [2.45, 2.75) is 20.3 Å². The third kappa shape index (κ3) is 4.13. The fourth-order valence-electron chi connectivity index (χ4n) is 2.37. The van der Waals surface area contributed by atoms with Gasteiger partial charge in [0.2, 0.25) is 0 Å². The molecule has 0 saturated heterocycles. The van der Waals surface area contributed by atoms with E-state index in [1.54, 1.807) is 25.1 Å². The Bertz CT molecular complexity index is 740. The first-order valence-corrected chi connectivity index (χ1v) is 7.75. The van der Waals surface area contributed by atoms with Crippen molar-refractivity contribution in [1.82, 2.24) is 0 Å². The Kier molecular flexibility index (Phi) is 5.95. The lowest BCUT2D eigenvalue weighted by Gasteiger charge is -2.13. The summed E-state index contributed by atoms with van der Waals surface area (Å²) in [4.78, 5) is 23.8. The fraction of sp³-hybridized carbons (Fsp3) is 0.263. The molecule has 0 unspecified atom stereocenters. The van der Waals surface area contributed by atoms with E-state index in [9.17, 15) is 9.59 Å². The normalized spacial score (nSPS) is 10.1. The number of anilines is 1. The number of amides is 1. The highest BCUT2D eigenvalue weighted by Crippen LogP contribution is 2.21. The van der Waals surface area contributed by atoms with Gasteiger partial charge in [-0.25, -0.2) is 4.79 Å². The van der Waals surface area contributed by atoms with E-state index in [1.807, 2.05) is 31.2 Å². The molecule has 0 heterocycles. The van der Waals surface area contributed by atoms with Crippen molar-refractivity contribution >= 4 is 17.6 Å². The minimum atomic E-state index is -0.434. The standard InChI is InChI=1S/C19H21NO4/c1-4-14-8-5-6-11-17(14)24-12-18(21)20-16-10-7-9-15(13(16)2)19(22)23-3/h5-11H,4,12H2,1-3H3,(H,20,21). The van der Waals surface area contributed by atoms with E-state index in [0.717, 1.165) is 12.0 Å². The molecule has 0 radical (unpaired) electrons. The number of carbonyl (C=O) groups is 2. The molecule has 5 nitrogen and oxygen atoms in total. The van der Waals surface area contributed by atoms with Crippen molar-refractivity contribution < 1.29 is 19.1 Å². The van der Waals surface area contributed by atoms with Crippen LogP contribution in [-0.2, 0) is 16.0 Å². The molecule has 2 rings (SSSR count). The Morgan fingerprint density at radius 2 is 1.83 bits per heavy atom. The predicted molar refractivity (Wildman–Crippen MR) is 92.5 cm³/mol. The van der Waals surface area contributed by atoms with Gasteiger partial charge < -0.3 is 14.8 Å². The molecule has 0 bridgehead atoms. The van der Waals surface area contributed by atoms with Crippen molar-refractivity contribution in [3.8, 4) is 5.75 Å². The summed E-state index contributed by atoms with van der Waals surface area (Å²) in [6.45, 7) is 3.69. The molecule has 0 fully saturated rings. The first-order valence-electron chi connectivity index (χ1n) is 7.75. The van der Waals surface area contributed by atoms with E-state index in [-0.39, 0.29) is 12.5 Å². The second kappa shape index (κ2) is 8.15. The van der Waals surface area contributed by atoms with Gasteiger partial charge in [0.25, 0.3) is 5.91 Å². The first kappa shape index (κ1) is 17.5. The zero-order valence-electron chi connectivity index (χ0n) is 14.1. The average Bonchev–Trinajstić information content (AvgIpc) is 2.61. The Morgan fingerprint density at radius 1 is 1.08 bits per heavy atom. The van der Waals surface area contributed by atoms with Gasteiger partial charge in [0.1, 0.15) is 5.75 Å². The molecule has 0 aliphatic carbocycles. The van der Waals surface area contributed by atoms with Crippen molar-refractivity contribution in [2.24, 2.45) is 0 Å². The minimum absolute atomic E-state index is 0.0983. The first-order chi connectivity index (χ1) is 11.6. The number of methoxy groups -OCH3 is 1. The Hall–Kier alpha value is -2.82. The molecule has 2 aromatic rings. The van der Waals surface area contributed by atoms with E-state index >= 15 is 0 Å². The van der Waals surface area contributed by atoms with E-state index < -0.39 is 5.97 Å². The van der Waals surface area contributed by atoms with Crippen LogP contribution in [0, 0.1) is 6.92 Å². The van der Waals surface area contributed by atoms with Gasteiger partial charge in [-0.05, 0) is 42.7 Å². The Morgan fingerprint density at radius 3 is 2.54 bits per heavy atom. The van der Waals surface area contributed by atoms with Crippen LogP contribution in [0.15, 0.2) is 42.5 Å². The number of esters is 1. The summed E-state index contributed by atoms with van der Waals surface area (Å²) >= 11 is 0. The van der Waals surface area contributed by atoms with Crippen LogP contribution < -0.4 is 10.1 Å². The SMILES string of the molecule is CCc1ccccc1OCC(=O)Nc1cccc(C(=O)OC)c1C. The molecule has 24 heavy (non-hydrogen) atoms. The van der Waals surface area contributed by atoms with Gasteiger partial charge in [0.05, 0.1) is 12.7 Å². The van der Waals surface area contributed by atoms with E-state index in [1.165, 1.54) is 7.11 Å². The second-order valence-electron chi connectivity index (χ2n) is 5.27.